The van der Waals surface area contributed by atoms with Crippen LogP contribution in [-0.4, -0.2) is 6.29 Å². The molecule has 0 bridgehead atoms. The highest BCUT2D eigenvalue weighted by atomic mass is 16.7. The molecule has 96 valence electrons. The lowest BCUT2D eigenvalue weighted by molar-refractivity contribution is -0.150. The quantitative estimate of drug-likeness (QED) is 0.668. The largest absolute Gasteiger partial charge is 0.459 e. The van der Waals surface area contributed by atoms with E-state index in [1.54, 1.807) is 0 Å². The van der Waals surface area contributed by atoms with Crippen molar-refractivity contribution in [1.29, 1.82) is 0 Å². The molecule has 2 aliphatic rings. The highest BCUT2D eigenvalue weighted by Crippen LogP contribution is 2.32. The average molecular weight is 236 g/mol. The standard InChI is InChI=1S/C15H24O2/c1-15(2,3)14(16-12-8-4-5-9-12)17-13-10-6-7-11-13/h8,10,14H,4-7,9,11H2,1-3H3. The number of allylic oxidation sites excluding steroid dienone is 4. The molecule has 2 rings (SSSR count). The van der Waals surface area contributed by atoms with Gasteiger partial charge in [-0.2, -0.15) is 0 Å². The van der Waals surface area contributed by atoms with Crippen molar-refractivity contribution in [2.75, 3.05) is 0 Å². The second kappa shape index (κ2) is 5.16. The maximum Gasteiger partial charge on any atom is 0.244 e. The molecular weight excluding hydrogens is 212 g/mol. The van der Waals surface area contributed by atoms with Crippen molar-refractivity contribution in [1.82, 2.24) is 0 Å². The molecule has 0 amide bonds. The molecule has 0 saturated carbocycles. The molecular formula is C15H24O2. The van der Waals surface area contributed by atoms with Gasteiger partial charge in [0, 0.05) is 18.3 Å². The van der Waals surface area contributed by atoms with Crippen LogP contribution in [0.1, 0.15) is 59.3 Å². The minimum absolute atomic E-state index is 0.00681. The zero-order valence-corrected chi connectivity index (χ0v) is 11.3. The van der Waals surface area contributed by atoms with Gasteiger partial charge < -0.3 is 9.47 Å². The van der Waals surface area contributed by atoms with Crippen molar-refractivity contribution in [3.63, 3.8) is 0 Å². The maximum atomic E-state index is 6.04. The Morgan fingerprint density at radius 1 is 0.941 bits per heavy atom. The van der Waals surface area contributed by atoms with Crippen molar-refractivity contribution in [2.24, 2.45) is 5.41 Å². The first kappa shape index (κ1) is 12.5. The third kappa shape index (κ3) is 3.52. The predicted octanol–water partition coefficient (Wildman–Crippen LogP) is 4.53. The molecule has 0 aliphatic heterocycles. The SMILES string of the molecule is CC(C)(C)C(OC1=CCCC1)OC1=CCCC1. The molecule has 2 aliphatic carbocycles. The van der Waals surface area contributed by atoms with Crippen LogP contribution in [0, 0.1) is 5.41 Å². The molecule has 17 heavy (non-hydrogen) atoms. The lowest BCUT2D eigenvalue weighted by atomic mass is 9.96. The molecule has 0 aromatic rings. The van der Waals surface area contributed by atoms with Crippen molar-refractivity contribution in [3.8, 4) is 0 Å². The van der Waals surface area contributed by atoms with Gasteiger partial charge in [-0.25, -0.2) is 0 Å². The van der Waals surface area contributed by atoms with E-state index < -0.39 is 0 Å². The van der Waals surface area contributed by atoms with Crippen LogP contribution in [0.2, 0.25) is 0 Å². The molecule has 0 aromatic carbocycles. The number of rotatable bonds is 4. The molecule has 0 atom stereocenters. The van der Waals surface area contributed by atoms with E-state index in [9.17, 15) is 0 Å². The van der Waals surface area contributed by atoms with Crippen molar-refractivity contribution >= 4 is 0 Å². The Hall–Kier alpha value is -0.920. The Balaban J connectivity index is 1.97. The Morgan fingerprint density at radius 3 is 1.71 bits per heavy atom. The van der Waals surface area contributed by atoms with Crippen LogP contribution in [0.3, 0.4) is 0 Å². The van der Waals surface area contributed by atoms with E-state index in [0.717, 1.165) is 37.2 Å². The fraction of sp³-hybridized carbons (Fsp3) is 0.733. The van der Waals surface area contributed by atoms with E-state index in [4.69, 9.17) is 9.47 Å². The van der Waals surface area contributed by atoms with Gasteiger partial charge in [-0.05, 0) is 37.8 Å². The molecule has 2 heteroatoms. The van der Waals surface area contributed by atoms with Gasteiger partial charge in [-0.1, -0.05) is 20.8 Å². The molecule has 0 spiro atoms. The van der Waals surface area contributed by atoms with E-state index >= 15 is 0 Å². The first-order valence-corrected chi connectivity index (χ1v) is 6.77. The lowest BCUT2D eigenvalue weighted by Gasteiger charge is -2.32. The third-order valence-corrected chi connectivity index (χ3v) is 3.22. The smallest absolute Gasteiger partial charge is 0.244 e. The van der Waals surface area contributed by atoms with E-state index in [-0.39, 0.29) is 11.7 Å². The van der Waals surface area contributed by atoms with E-state index in [1.165, 1.54) is 12.8 Å². The fourth-order valence-corrected chi connectivity index (χ4v) is 2.15. The number of hydrogen-bond acceptors (Lipinski definition) is 2. The van der Waals surface area contributed by atoms with Gasteiger partial charge in [0.15, 0.2) is 0 Å². The van der Waals surface area contributed by atoms with Gasteiger partial charge in [0.05, 0.1) is 11.5 Å². The fourth-order valence-electron chi connectivity index (χ4n) is 2.15. The first-order valence-electron chi connectivity index (χ1n) is 6.77. The Kier molecular flexibility index (Phi) is 3.80. The van der Waals surface area contributed by atoms with Gasteiger partial charge in [0.2, 0.25) is 6.29 Å². The summed E-state index contributed by atoms with van der Waals surface area (Å²) in [7, 11) is 0. The summed E-state index contributed by atoms with van der Waals surface area (Å²) in [5.74, 6) is 2.23. The first-order chi connectivity index (χ1) is 8.05. The molecule has 0 fully saturated rings. The molecule has 2 nitrogen and oxygen atoms in total. The summed E-state index contributed by atoms with van der Waals surface area (Å²) in [4.78, 5) is 0. The van der Waals surface area contributed by atoms with Crippen LogP contribution in [0.4, 0.5) is 0 Å². The van der Waals surface area contributed by atoms with Crippen molar-refractivity contribution in [3.05, 3.63) is 23.7 Å². The molecule has 0 heterocycles. The van der Waals surface area contributed by atoms with Gasteiger partial charge >= 0.3 is 0 Å². The average Bonchev–Trinajstić information content (AvgIpc) is 2.87. The minimum Gasteiger partial charge on any atom is -0.459 e. The van der Waals surface area contributed by atoms with E-state index in [1.807, 2.05) is 0 Å². The van der Waals surface area contributed by atoms with Gasteiger partial charge in [-0.3, -0.25) is 0 Å². The molecule has 0 unspecified atom stereocenters. The van der Waals surface area contributed by atoms with Gasteiger partial charge in [-0.15, -0.1) is 0 Å². The number of hydrogen-bond donors (Lipinski definition) is 0. The highest BCUT2D eigenvalue weighted by molar-refractivity contribution is 5.02. The highest BCUT2D eigenvalue weighted by Gasteiger charge is 2.30. The van der Waals surface area contributed by atoms with Crippen LogP contribution < -0.4 is 0 Å². The van der Waals surface area contributed by atoms with Crippen LogP contribution in [0.15, 0.2) is 23.7 Å². The van der Waals surface area contributed by atoms with Crippen LogP contribution >= 0.6 is 0 Å². The van der Waals surface area contributed by atoms with Crippen LogP contribution in [-0.2, 0) is 9.47 Å². The molecule has 0 radical (unpaired) electrons. The molecule has 0 aromatic heterocycles. The zero-order valence-electron chi connectivity index (χ0n) is 11.3. The predicted molar refractivity (Wildman–Crippen MR) is 69.3 cm³/mol. The summed E-state index contributed by atoms with van der Waals surface area (Å²) in [5, 5.41) is 0. The summed E-state index contributed by atoms with van der Waals surface area (Å²) in [6.45, 7) is 6.51. The summed E-state index contributed by atoms with van der Waals surface area (Å²) in [5.41, 5.74) is 0.00681. The van der Waals surface area contributed by atoms with Crippen molar-refractivity contribution in [2.45, 2.75) is 65.6 Å². The molecule has 0 saturated heterocycles. The van der Waals surface area contributed by atoms with Crippen molar-refractivity contribution < 1.29 is 9.47 Å². The maximum absolute atomic E-state index is 6.04. The normalized spacial score (nSPS) is 20.5. The summed E-state index contributed by atoms with van der Waals surface area (Å²) < 4.78 is 12.1. The van der Waals surface area contributed by atoms with E-state index in [0.29, 0.717) is 0 Å². The minimum atomic E-state index is -0.156. The summed E-state index contributed by atoms with van der Waals surface area (Å²) in [6.07, 6.45) is 11.1. The lowest BCUT2D eigenvalue weighted by Crippen LogP contribution is -2.31. The van der Waals surface area contributed by atoms with Crippen LogP contribution in [0.25, 0.3) is 0 Å². The van der Waals surface area contributed by atoms with Gasteiger partial charge in [0.25, 0.3) is 0 Å². The topological polar surface area (TPSA) is 18.5 Å². The Bertz CT molecular complexity index is 294. The van der Waals surface area contributed by atoms with Gasteiger partial charge in [0.1, 0.15) is 0 Å². The van der Waals surface area contributed by atoms with E-state index in [2.05, 4.69) is 32.9 Å². The second-order valence-electron chi connectivity index (χ2n) is 6.06. The number of ether oxygens (including phenoxy) is 2. The monoisotopic (exact) mass is 236 g/mol. The summed E-state index contributed by atoms with van der Waals surface area (Å²) >= 11 is 0. The third-order valence-electron chi connectivity index (χ3n) is 3.22. The Labute approximate surface area is 105 Å². The Morgan fingerprint density at radius 2 is 1.41 bits per heavy atom. The summed E-state index contributed by atoms with van der Waals surface area (Å²) in [6, 6.07) is 0. The second-order valence-corrected chi connectivity index (χ2v) is 6.06. The van der Waals surface area contributed by atoms with Crippen LogP contribution in [0.5, 0.6) is 0 Å². The zero-order chi connectivity index (χ0) is 12.3. The molecule has 0 N–H and O–H groups in total.